The number of nitriles is 1. The van der Waals surface area contributed by atoms with Gasteiger partial charge in [0.25, 0.3) is 0 Å². The van der Waals surface area contributed by atoms with Crippen LogP contribution in [0.15, 0.2) is 36.8 Å². The van der Waals surface area contributed by atoms with E-state index >= 15 is 0 Å². The molecule has 1 aromatic heterocycles. The molecule has 3 heterocycles. The lowest BCUT2D eigenvalue weighted by Gasteiger charge is -2.39. The lowest BCUT2D eigenvalue weighted by atomic mass is 9.77. The maximum atomic E-state index is 9.08. The van der Waals surface area contributed by atoms with Crippen LogP contribution in [0, 0.1) is 16.7 Å². The van der Waals surface area contributed by atoms with Crippen molar-refractivity contribution in [2.75, 3.05) is 29.4 Å². The number of rotatable bonds is 2. The van der Waals surface area contributed by atoms with E-state index < -0.39 is 0 Å². The van der Waals surface area contributed by atoms with Crippen LogP contribution in [0.3, 0.4) is 0 Å². The lowest BCUT2D eigenvalue weighted by Crippen LogP contribution is -2.42. The van der Waals surface area contributed by atoms with Crippen LogP contribution in [0.25, 0.3) is 0 Å². The van der Waals surface area contributed by atoms with Gasteiger partial charge in [0.15, 0.2) is 0 Å². The Morgan fingerprint density at radius 3 is 2.73 bits per heavy atom. The topological polar surface area (TPSA) is 56.1 Å². The number of benzene rings is 1. The van der Waals surface area contributed by atoms with E-state index in [1.165, 1.54) is 6.42 Å². The Labute approximate surface area is 159 Å². The number of piperidine rings is 1. The zero-order chi connectivity index (χ0) is 18.1. The number of hydrogen-bond acceptors (Lipinski definition) is 5. The van der Waals surface area contributed by atoms with Crippen molar-refractivity contribution in [1.29, 1.82) is 5.26 Å². The fourth-order valence-electron chi connectivity index (χ4n) is 4.46. The quantitative estimate of drug-likeness (QED) is 0.806. The van der Waals surface area contributed by atoms with Gasteiger partial charge in [-0.2, -0.15) is 5.26 Å². The third-order valence-corrected chi connectivity index (χ3v) is 6.18. The van der Waals surface area contributed by atoms with Gasteiger partial charge in [-0.3, -0.25) is 4.98 Å². The Balaban J connectivity index is 1.47. The third kappa shape index (κ3) is 3.10. The van der Waals surface area contributed by atoms with E-state index in [9.17, 15) is 0 Å². The normalized spacial score (nSPS) is 21.8. The standard InChI is InChI=1S/C20H22ClN5/c1-15-11-20(4-8-25(9-5-20)19-13-23-6-7-24-19)14-26(15)17-3-2-16(12-22)18(21)10-17/h2-3,6-7,10,13,15H,4-5,8-9,11,14H2,1H3/t15-/m0/s1. The molecule has 0 radical (unpaired) electrons. The van der Waals surface area contributed by atoms with E-state index in [4.69, 9.17) is 16.9 Å². The van der Waals surface area contributed by atoms with Crippen molar-refractivity contribution in [2.24, 2.45) is 5.41 Å². The van der Waals surface area contributed by atoms with Crippen LogP contribution in [0.5, 0.6) is 0 Å². The molecule has 26 heavy (non-hydrogen) atoms. The van der Waals surface area contributed by atoms with Crippen molar-refractivity contribution in [3.8, 4) is 6.07 Å². The summed E-state index contributed by atoms with van der Waals surface area (Å²) in [5, 5.41) is 9.62. The van der Waals surface area contributed by atoms with Gasteiger partial charge < -0.3 is 9.80 Å². The molecule has 4 rings (SSSR count). The minimum Gasteiger partial charge on any atom is -0.368 e. The van der Waals surface area contributed by atoms with Crippen molar-refractivity contribution in [1.82, 2.24) is 9.97 Å². The molecular formula is C20H22ClN5. The number of hydrogen-bond donors (Lipinski definition) is 0. The molecule has 6 heteroatoms. The van der Waals surface area contributed by atoms with Gasteiger partial charge in [-0.05, 0) is 49.8 Å². The SMILES string of the molecule is C[C@H]1CC2(CCN(c3cnccn3)CC2)CN1c1ccc(C#N)c(Cl)c1. The van der Waals surface area contributed by atoms with Gasteiger partial charge in [0.1, 0.15) is 11.9 Å². The van der Waals surface area contributed by atoms with Crippen LogP contribution in [0.4, 0.5) is 11.5 Å². The molecule has 134 valence electrons. The molecule has 0 bridgehead atoms. The van der Waals surface area contributed by atoms with Crippen molar-refractivity contribution in [2.45, 2.75) is 32.2 Å². The molecule has 1 spiro atoms. The van der Waals surface area contributed by atoms with E-state index in [0.29, 0.717) is 22.0 Å². The molecule has 2 aliphatic heterocycles. The molecule has 2 aliphatic rings. The lowest BCUT2D eigenvalue weighted by molar-refractivity contribution is 0.244. The summed E-state index contributed by atoms with van der Waals surface area (Å²) in [6.07, 6.45) is 8.84. The smallest absolute Gasteiger partial charge is 0.147 e. The van der Waals surface area contributed by atoms with Crippen molar-refractivity contribution >= 4 is 23.1 Å². The molecule has 1 atom stereocenters. The molecule has 0 unspecified atom stereocenters. The van der Waals surface area contributed by atoms with Gasteiger partial charge in [0.05, 0.1) is 16.8 Å². The molecule has 0 N–H and O–H groups in total. The van der Waals surface area contributed by atoms with Gasteiger partial charge in [0.2, 0.25) is 0 Å². The highest BCUT2D eigenvalue weighted by Gasteiger charge is 2.44. The second-order valence-electron chi connectivity index (χ2n) is 7.51. The third-order valence-electron chi connectivity index (χ3n) is 5.87. The highest BCUT2D eigenvalue weighted by molar-refractivity contribution is 6.32. The average molecular weight is 368 g/mol. The second-order valence-corrected chi connectivity index (χ2v) is 7.91. The maximum Gasteiger partial charge on any atom is 0.147 e. The summed E-state index contributed by atoms with van der Waals surface area (Å²) in [6, 6.07) is 8.39. The largest absolute Gasteiger partial charge is 0.368 e. The van der Waals surface area contributed by atoms with Crippen LogP contribution in [0.1, 0.15) is 31.7 Å². The zero-order valence-electron chi connectivity index (χ0n) is 14.9. The number of halogens is 1. The minimum atomic E-state index is 0.346. The van der Waals surface area contributed by atoms with Gasteiger partial charge in [-0.15, -0.1) is 0 Å². The van der Waals surface area contributed by atoms with Crippen LogP contribution in [-0.2, 0) is 0 Å². The Bertz CT molecular complexity index is 824. The zero-order valence-corrected chi connectivity index (χ0v) is 15.7. The van der Waals surface area contributed by atoms with Crippen molar-refractivity contribution in [3.63, 3.8) is 0 Å². The fourth-order valence-corrected chi connectivity index (χ4v) is 4.68. The summed E-state index contributed by atoms with van der Waals surface area (Å²) in [4.78, 5) is 13.4. The van der Waals surface area contributed by atoms with Gasteiger partial charge in [-0.25, -0.2) is 4.98 Å². The molecule has 0 amide bonds. The summed E-state index contributed by atoms with van der Waals surface area (Å²) < 4.78 is 0. The highest BCUT2D eigenvalue weighted by Crippen LogP contribution is 2.45. The van der Waals surface area contributed by atoms with Gasteiger partial charge >= 0.3 is 0 Å². The molecule has 0 saturated carbocycles. The monoisotopic (exact) mass is 367 g/mol. The molecule has 2 fully saturated rings. The van der Waals surface area contributed by atoms with Crippen molar-refractivity contribution in [3.05, 3.63) is 47.4 Å². The Hall–Kier alpha value is -2.32. The van der Waals surface area contributed by atoms with Gasteiger partial charge in [0, 0.05) is 43.8 Å². The van der Waals surface area contributed by atoms with E-state index in [1.54, 1.807) is 12.4 Å². The number of nitrogens with zero attached hydrogens (tertiary/aromatic N) is 5. The maximum absolute atomic E-state index is 9.08. The summed E-state index contributed by atoms with van der Waals surface area (Å²) in [5.41, 5.74) is 2.00. The molecule has 2 saturated heterocycles. The summed E-state index contributed by atoms with van der Waals surface area (Å²) in [7, 11) is 0. The van der Waals surface area contributed by atoms with E-state index in [2.05, 4.69) is 32.8 Å². The van der Waals surface area contributed by atoms with Crippen LogP contribution >= 0.6 is 11.6 Å². The molecular weight excluding hydrogens is 346 g/mol. The Kier molecular flexibility index (Phi) is 4.46. The summed E-state index contributed by atoms with van der Waals surface area (Å²) in [6.45, 7) is 5.38. The number of aromatic nitrogens is 2. The first kappa shape index (κ1) is 17.1. The van der Waals surface area contributed by atoms with Crippen LogP contribution < -0.4 is 9.80 Å². The Morgan fingerprint density at radius 2 is 2.08 bits per heavy atom. The van der Waals surface area contributed by atoms with E-state index in [1.807, 2.05) is 24.4 Å². The average Bonchev–Trinajstić information content (AvgIpc) is 2.99. The predicted octanol–water partition coefficient (Wildman–Crippen LogP) is 3.89. The van der Waals surface area contributed by atoms with Gasteiger partial charge in [-0.1, -0.05) is 11.6 Å². The first-order chi connectivity index (χ1) is 12.6. The second kappa shape index (κ2) is 6.77. The first-order valence-electron chi connectivity index (χ1n) is 9.07. The Morgan fingerprint density at radius 1 is 1.27 bits per heavy atom. The molecule has 1 aromatic carbocycles. The minimum absolute atomic E-state index is 0.346. The molecule has 0 aliphatic carbocycles. The van der Waals surface area contributed by atoms with E-state index in [-0.39, 0.29) is 0 Å². The highest BCUT2D eigenvalue weighted by atomic mass is 35.5. The first-order valence-corrected chi connectivity index (χ1v) is 9.45. The summed E-state index contributed by atoms with van der Waals surface area (Å²) in [5.74, 6) is 0.976. The molecule has 2 aromatic rings. The fraction of sp³-hybridized carbons (Fsp3) is 0.450. The summed E-state index contributed by atoms with van der Waals surface area (Å²) >= 11 is 6.25. The van der Waals surface area contributed by atoms with E-state index in [0.717, 1.165) is 44.0 Å². The van der Waals surface area contributed by atoms with Crippen molar-refractivity contribution < 1.29 is 0 Å². The van der Waals surface area contributed by atoms with Crippen LogP contribution in [-0.4, -0.2) is 35.6 Å². The molecule has 5 nitrogen and oxygen atoms in total. The van der Waals surface area contributed by atoms with Crippen LogP contribution in [0.2, 0.25) is 5.02 Å². The number of anilines is 2. The predicted molar refractivity (Wildman–Crippen MR) is 104 cm³/mol.